The van der Waals surface area contributed by atoms with E-state index in [1.807, 2.05) is 0 Å². The van der Waals surface area contributed by atoms with Gasteiger partial charge in [-0.2, -0.15) is 23.5 Å². The number of nitrogens with one attached hydrogen (secondary N) is 2. The van der Waals surface area contributed by atoms with Crippen LogP contribution in [0.5, 0.6) is 11.5 Å². The van der Waals surface area contributed by atoms with Crippen molar-refractivity contribution in [2.24, 2.45) is 5.92 Å². The molecule has 5 rings (SSSR count). The van der Waals surface area contributed by atoms with Crippen LogP contribution in [-0.2, 0) is 12.8 Å². The summed E-state index contributed by atoms with van der Waals surface area (Å²) in [5.41, 5.74) is 1.89. The lowest BCUT2D eigenvalue weighted by molar-refractivity contribution is -0.173. The van der Waals surface area contributed by atoms with Crippen molar-refractivity contribution >= 4 is 28.1 Å². The molecule has 0 bridgehead atoms. The number of hydrogen-bond donors (Lipinski definition) is 2. The lowest BCUT2D eigenvalue weighted by atomic mass is 9.88. The number of ether oxygens (including phenoxy) is 2. The van der Waals surface area contributed by atoms with Gasteiger partial charge in [-0.3, -0.25) is 4.79 Å². The van der Waals surface area contributed by atoms with Crippen molar-refractivity contribution in [1.82, 2.24) is 9.78 Å². The molecule has 8 nitrogen and oxygen atoms in total. The maximum atomic E-state index is 14.1. The minimum atomic E-state index is -4.59. The van der Waals surface area contributed by atoms with Gasteiger partial charge in [-0.25, -0.2) is 4.68 Å². The van der Waals surface area contributed by atoms with E-state index < -0.39 is 24.2 Å². The quantitative estimate of drug-likeness (QED) is 0.416. The molecule has 2 N–H and O–H groups in total. The highest BCUT2D eigenvalue weighted by Crippen LogP contribution is 2.46. The lowest BCUT2D eigenvalue weighted by Gasteiger charge is -2.34. The molecule has 0 unspecified atom stereocenters. The minimum Gasteiger partial charge on any atom is -0.493 e. The van der Waals surface area contributed by atoms with Crippen molar-refractivity contribution in [3.8, 4) is 17.6 Å². The van der Waals surface area contributed by atoms with Crippen LogP contribution in [0.4, 0.5) is 24.0 Å². The maximum absolute atomic E-state index is 14.1. The van der Waals surface area contributed by atoms with E-state index in [1.54, 1.807) is 18.2 Å². The van der Waals surface area contributed by atoms with Gasteiger partial charge in [0.25, 0.3) is 5.91 Å². The van der Waals surface area contributed by atoms with Gasteiger partial charge in [-0.1, -0.05) is 13.0 Å². The molecular weight excluding hydrogens is 519 g/mol. The zero-order chi connectivity index (χ0) is 27.2. The predicted octanol–water partition coefficient (Wildman–Crippen LogP) is 5.87. The van der Waals surface area contributed by atoms with Crippen LogP contribution in [-0.4, -0.2) is 36.1 Å². The average Bonchev–Trinajstić information content (AvgIpc) is 3.47. The topological polar surface area (TPSA) is 101 Å². The highest BCUT2D eigenvalue weighted by atomic mass is 32.1. The summed E-state index contributed by atoms with van der Waals surface area (Å²) in [7, 11) is 2.92. The number of alkyl halides is 3. The van der Waals surface area contributed by atoms with Crippen molar-refractivity contribution in [3.05, 3.63) is 51.5 Å². The maximum Gasteiger partial charge on any atom is 0.410 e. The monoisotopic (exact) mass is 545 g/mol. The van der Waals surface area contributed by atoms with Gasteiger partial charge in [0.1, 0.15) is 22.5 Å². The Kier molecular flexibility index (Phi) is 6.73. The van der Waals surface area contributed by atoms with Crippen LogP contribution in [0.15, 0.2) is 24.4 Å². The SMILES string of the molecule is COc1ccc([C@H]2C[C@H](C(F)(F)F)n3ncc(C(=O)Nc4sc5c(c4C#N)CC[C@@H](C)C5)c3N2)cc1OC. The van der Waals surface area contributed by atoms with Crippen molar-refractivity contribution < 1.29 is 27.4 Å². The van der Waals surface area contributed by atoms with Crippen molar-refractivity contribution in [3.63, 3.8) is 0 Å². The molecule has 0 saturated carbocycles. The Balaban J connectivity index is 1.49. The molecule has 0 radical (unpaired) electrons. The Morgan fingerprint density at radius 3 is 2.74 bits per heavy atom. The molecule has 38 heavy (non-hydrogen) atoms. The van der Waals surface area contributed by atoms with E-state index in [9.17, 15) is 23.2 Å². The van der Waals surface area contributed by atoms with Crippen LogP contribution in [0.3, 0.4) is 0 Å². The second kappa shape index (κ2) is 9.87. The fraction of sp³-hybridized carbons (Fsp3) is 0.423. The van der Waals surface area contributed by atoms with Gasteiger partial charge in [-0.15, -0.1) is 11.3 Å². The predicted molar refractivity (Wildman–Crippen MR) is 136 cm³/mol. The van der Waals surface area contributed by atoms with E-state index in [0.29, 0.717) is 33.5 Å². The largest absolute Gasteiger partial charge is 0.493 e. The summed E-state index contributed by atoms with van der Waals surface area (Å²) >= 11 is 1.36. The molecule has 0 saturated heterocycles. The normalized spacial score (nSPS) is 20.5. The molecule has 0 spiro atoms. The first-order valence-corrected chi connectivity index (χ1v) is 12.9. The number of nitrogens with zero attached hydrogens (tertiary/aromatic N) is 3. The number of fused-ring (bicyclic) bond motifs is 2. The lowest BCUT2D eigenvalue weighted by Crippen LogP contribution is -2.36. The Hall–Kier alpha value is -3.72. The summed E-state index contributed by atoms with van der Waals surface area (Å²) < 4.78 is 53.8. The summed E-state index contributed by atoms with van der Waals surface area (Å²) in [6.07, 6.45) is -1.24. The summed E-state index contributed by atoms with van der Waals surface area (Å²) in [5.74, 6) is 0.648. The smallest absolute Gasteiger partial charge is 0.410 e. The van der Waals surface area contributed by atoms with Crippen molar-refractivity contribution in [2.75, 3.05) is 24.9 Å². The number of halogens is 3. The highest BCUT2D eigenvalue weighted by molar-refractivity contribution is 7.16. The van der Waals surface area contributed by atoms with E-state index in [0.717, 1.165) is 40.6 Å². The second-order valence-corrected chi connectivity index (χ2v) is 10.7. The Morgan fingerprint density at radius 1 is 1.29 bits per heavy atom. The number of carbonyl (C=O) groups excluding carboxylic acids is 1. The molecule has 3 atom stereocenters. The van der Waals surface area contributed by atoms with Gasteiger partial charge < -0.3 is 20.1 Å². The third-order valence-corrected chi connectivity index (χ3v) is 8.31. The number of hydrogen-bond acceptors (Lipinski definition) is 7. The fourth-order valence-electron chi connectivity index (χ4n) is 5.14. The second-order valence-electron chi connectivity index (χ2n) is 9.58. The summed E-state index contributed by atoms with van der Waals surface area (Å²) in [5, 5.41) is 20.0. The number of carbonyl (C=O) groups is 1. The van der Waals surface area contributed by atoms with Gasteiger partial charge in [0.05, 0.1) is 32.0 Å². The molecular formula is C26H26F3N5O3S. The van der Waals surface area contributed by atoms with Crippen molar-refractivity contribution in [2.45, 2.75) is 50.9 Å². The van der Waals surface area contributed by atoms with Gasteiger partial charge in [-0.05, 0) is 48.4 Å². The number of rotatable bonds is 5. The highest BCUT2D eigenvalue weighted by Gasteiger charge is 2.47. The van der Waals surface area contributed by atoms with Gasteiger partial charge in [0.2, 0.25) is 0 Å². The van der Waals surface area contributed by atoms with Crippen LogP contribution in [0.2, 0.25) is 0 Å². The zero-order valence-electron chi connectivity index (χ0n) is 21.0. The van der Waals surface area contributed by atoms with Gasteiger partial charge in [0.15, 0.2) is 17.5 Å². The van der Waals surface area contributed by atoms with E-state index >= 15 is 0 Å². The first-order chi connectivity index (χ1) is 18.1. The summed E-state index contributed by atoms with van der Waals surface area (Å²) in [4.78, 5) is 14.4. The molecule has 1 amide bonds. The number of amides is 1. The molecule has 1 aliphatic heterocycles. The Bertz CT molecular complexity index is 1420. The molecule has 200 valence electrons. The third kappa shape index (κ3) is 4.55. The molecule has 0 fully saturated rings. The minimum absolute atomic E-state index is 0.0342. The number of aromatic nitrogens is 2. The fourth-order valence-corrected chi connectivity index (χ4v) is 6.50. The van der Waals surface area contributed by atoms with Crippen molar-refractivity contribution in [1.29, 1.82) is 5.26 Å². The molecule has 3 aromatic rings. The van der Waals surface area contributed by atoms with Crippen LogP contribution >= 0.6 is 11.3 Å². The van der Waals surface area contributed by atoms with Crippen LogP contribution in [0, 0.1) is 17.2 Å². The van der Waals surface area contributed by atoms with E-state index in [-0.39, 0.29) is 17.8 Å². The zero-order valence-corrected chi connectivity index (χ0v) is 21.8. The number of methoxy groups -OCH3 is 2. The molecule has 1 aromatic carbocycles. The first kappa shape index (κ1) is 25.9. The Labute approximate surface area is 221 Å². The Morgan fingerprint density at radius 2 is 2.05 bits per heavy atom. The summed E-state index contributed by atoms with van der Waals surface area (Å²) in [6.45, 7) is 2.14. The molecule has 2 aliphatic rings. The van der Waals surface area contributed by atoms with Gasteiger partial charge in [0, 0.05) is 11.3 Å². The molecule has 3 heterocycles. The number of nitriles is 1. The van der Waals surface area contributed by atoms with E-state index in [4.69, 9.17) is 9.47 Å². The number of thiophene rings is 1. The standard InChI is InChI=1S/C26H26F3N5O3S/c1-13-4-6-15-16(11-30)25(38-21(15)8-13)33-24(35)17-12-31-34-22(26(27,28)29)10-18(32-23(17)34)14-5-7-19(36-2)20(9-14)37-3/h5,7,9,12-13,18,22,32H,4,6,8,10H2,1-3H3,(H,33,35)/t13-,18-,22-/m1/s1. The number of benzene rings is 1. The molecule has 1 aliphatic carbocycles. The summed E-state index contributed by atoms with van der Waals surface area (Å²) in [6, 6.07) is 4.38. The molecule has 2 aromatic heterocycles. The van der Waals surface area contributed by atoms with Crippen LogP contribution in [0.1, 0.15) is 63.8 Å². The number of anilines is 2. The van der Waals surface area contributed by atoms with Crippen LogP contribution < -0.4 is 20.1 Å². The average molecular weight is 546 g/mol. The van der Waals surface area contributed by atoms with E-state index in [2.05, 4.69) is 28.7 Å². The first-order valence-electron chi connectivity index (χ1n) is 12.1. The van der Waals surface area contributed by atoms with Gasteiger partial charge >= 0.3 is 6.18 Å². The van der Waals surface area contributed by atoms with Crippen LogP contribution in [0.25, 0.3) is 0 Å². The van der Waals surface area contributed by atoms with E-state index in [1.165, 1.54) is 25.6 Å². The molecule has 12 heteroatoms. The third-order valence-electron chi connectivity index (χ3n) is 7.14.